The van der Waals surface area contributed by atoms with Gasteiger partial charge >= 0.3 is 0 Å². The second-order valence-corrected chi connectivity index (χ2v) is 7.07. The zero-order valence-corrected chi connectivity index (χ0v) is 15.1. The Hall–Kier alpha value is -0.840. The van der Waals surface area contributed by atoms with Crippen LogP contribution in [0.4, 0.5) is 5.69 Å². The highest BCUT2D eigenvalue weighted by atomic mass is 35.5. The molecule has 22 heavy (non-hydrogen) atoms. The van der Waals surface area contributed by atoms with Gasteiger partial charge in [0, 0.05) is 23.7 Å². The lowest BCUT2D eigenvalue weighted by Crippen LogP contribution is -3.16. The van der Waals surface area contributed by atoms with Crippen LogP contribution in [0.15, 0.2) is 18.2 Å². The zero-order valence-electron chi connectivity index (χ0n) is 13.5. The van der Waals surface area contributed by atoms with Crippen molar-refractivity contribution in [3.05, 3.63) is 28.8 Å². The third-order valence-electron chi connectivity index (χ3n) is 4.47. The van der Waals surface area contributed by atoms with Crippen LogP contribution < -0.4 is 15.5 Å². The summed E-state index contributed by atoms with van der Waals surface area (Å²) in [6.07, 6.45) is 5.30. The summed E-state index contributed by atoms with van der Waals surface area (Å²) in [6.45, 7) is 7.84. The summed E-state index contributed by atoms with van der Waals surface area (Å²) in [5.41, 5.74) is 2.01. The molecule has 3 nitrogen and oxygen atoms in total. The smallest absolute Gasteiger partial charge is 0.170 e. The minimum Gasteiger partial charge on any atom is -0.362 e. The Morgan fingerprint density at radius 2 is 2.23 bits per heavy atom. The van der Waals surface area contributed by atoms with E-state index in [1.54, 1.807) is 4.90 Å². The van der Waals surface area contributed by atoms with Gasteiger partial charge in [0.2, 0.25) is 0 Å². The summed E-state index contributed by atoms with van der Waals surface area (Å²) in [4.78, 5) is 1.75. The normalized spacial score (nSPS) is 21.4. The molecule has 1 fully saturated rings. The molecular weight excluding hydrogens is 314 g/mol. The molecule has 122 valence electrons. The van der Waals surface area contributed by atoms with Gasteiger partial charge in [-0.1, -0.05) is 17.7 Å². The number of halogens is 1. The highest BCUT2D eigenvalue weighted by Crippen LogP contribution is 2.19. The van der Waals surface area contributed by atoms with E-state index in [-0.39, 0.29) is 0 Å². The average Bonchev–Trinajstić information content (AvgIpc) is 2.49. The molecule has 2 atom stereocenters. The van der Waals surface area contributed by atoms with Crippen LogP contribution in [0.25, 0.3) is 0 Å². The molecule has 0 saturated carbocycles. The molecule has 0 amide bonds. The van der Waals surface area contributed by atoms with E-state index in [0.29, 0.717) is 5.11 Å². The average molecular weight is 341 g/mol. The van der Waals surface area contributed by atoms with Crippen molar-refractivity contribution in [3.63, 3.8) is 0 Å². The molecule has 1 aliphatic heterocycles. The Kier molecular flexibility index (Phi) is 6.93. The Labute approximate surface area is 144 Å². The molecule has 2 rings (SSSR count). The number of likely N-dealkylation sites (tertiary alicyclic amines) is 1. The van der Waals surface area contributed by atoms with Crippen LogP contribution in [0, 0.1) is 6.92 Å². The van der Waals surface area contributed by atoms with Gasteiger partial charge in [0.05, 0.1) is 19.1 Å². The van der Waals surface area contributed by atoms with Crippen molar-refractivity contribution in [1.29, 1.82) is 0 Å². The van der Waals surface area contributed by atoms with Crippen LogP contribution in [-0.4, -0.2) is 30.8 Å². The van der Waals surface area contributed by atoms with Crippen molar-refractivity contribution < 1.29 is 4.90 Å². The maximum Gasteiger partial charge on any atom is 0.170 e. The van der Waals surface area contributed by atoms with Gasteiger partial charge in [-0.2, -0.15) is 0 Å². The SMILES string of the molecule is Cc1ccc(NC(=S)NCCC[NH+]2CCCC[C@H]2C)cc1Cl. The predicted octanol–water partition coefficient (Wildman–Crippen LogP) is 2.78. The summed E-state index contributed by atoms with van der Waals surface area (Å²) < 4.78 is 0. The Balaban J connectivity index is 1.66. The largest absolute Gasteiger partial charge is 0.362 e. The van der Waals surface area contributed by atoms with Gasteiger partial charge in [0.15, 0.2) is 5.11 Å². The standard InChI is InChI=1S/C17H26ClN3S/c1-13-7-8-15(12-16(13)18)20-17(22)19-9-5-11-21-10-4-3-6-14(21)2/h7-8,12,14H,3-6,9-11H2,1-2H3,(H2,19,20,22)/p+1/t14-/m1/s1. The van der Waals surface area contributed by atoms with Gasteiger partial charge in [-0.3, -0.25) is 0 Å². The van der Waals surface area contributed by atoms with Crippen LogP contribution in [0.1, 0.15) is 38.2 Å². The molecule has 0 aromatic heterocycles. The van der Waals surface area contributed by atoms with E-state index in [4.69, 9.17) is 23.8 Å². The number of rotatable bonds is 5. The lowest BCUT2D eigenvalue weighted by molar-refractivity contribution is -0.928. The van der Waals surface area contributed by atoms with E-state index >= 15 is 0 Å². The molecule has 1 unspecified atom stereocenters. The number of benzene rings is 1. The third-order valence-corrected chi connectivity index (χ3v) is 5.13. The van der Waals surface area contributed by atoms with Gasteiger partial charge in [-0.25, -0.2) is 0 Å². The number of quaternary nitrogens is 1. The summed E-state index contributed by atoms with van der Waals surface area (Å²) >= 11 is 11.5. The molecule has 3 N–H and O–H groups in total. The summed E-state index contributed by atoms with van der Waals surface area (Å²) in [5.74, 6) is 0. The van der Waals surface area contributed by atoms with Gasteiger partial charge in [0.1, 0.15) is 0 Å². The fourth-order valence-electron chi connectivity index (χ4n) is 2.99. The summed E-state index contributed by atoms with van der Waals surface area (Å²) in [5, 5.41) is 7.90. The molecule has 0 spiro atoms. The molecule has 5 heteroatoms. The number of hydrogen-bond acceptors (Lipinski definition) is 1. The molecular formula is C17H27ClN3S+. The van der Waals surface area contributed by atoms with Gasteiger partial charge < -0.3 is 15.5 Å². The molecule has 1 aromatic rings. The molecule has 0 bridgehead atoms. The lowest BCUT2D eigenvalue weighted by atomic mass is 10.0. The maximum atomic E-state index is 6.12. The van der Waals surface area contributed by atoms with Crippen molar-refractivity contribution in [2.45, 2.75) is 45.6 Å². The van der Waals surface area contributed by atoms with Crippen LogP contribution in [0.5, 0.6) is 0 Å². The van der Waals surface area contributed by atoms with Crippen molar-refractivity contribution in [1.82, 2.24) is 5.32 Å². The van der Waals surface area contributed by atoms with Crippen molar-refractivity contribution in [2.75, 3.05) is 25.0 Å². The van der Waals surface area contributed by atoms with Crippen LogP contribution in [0.2, 0.25) is 5.02 Å². The highest BCUT2D eigenvalue weighted by Gasteiger charge is 2.20. The first-order chi connectivity index (χ1) is 10.6. The first-order valence-corrected chi connectivity index (χ1v) is 9.00. The van der Waals surface area contributed by atoms with Crippen molar-refractivity contribution in [3.8, 4) is 0 Å². The molecule has 1 saturated heterocycles. The predicted molar refractivity (Wildman–Crippen MR) is 99.0 cm³/mol. The van der Waals surface area contributed by atoms with E-state index in [1.165, 1.54) is 32.4 Å². The van der Waals surface area contributed by atoms with E-state index in [9.17, 15) is 0 Å². The monoisotopic (exact) mass is 340 g/mol. The Morgan fingerprint density at radius 3 is 2.95 bits per heavy atom. The maximum absolute atomic E-state index is 6.12. The fraction of sp³-hybridized carbons (Fsp3) is 0.588. The minimum absolute atomic E-state index is 0.668. The first-order valence-electron chi connectivity index (χ1n) is 8.22. The fourth-order valence-corrected chi connectivity index (χ4v) is 3.39. The number of hydrogen-bond donors (Lipinski definition) is 3. The van der Waals surface area contributed by atoms with E-state index in [2.05, 4.69) is 17.6 Å². The number of anilines is 1. The number of aryl methyl sites for hydroxylation is 1. The number of piperidine rings is 1. The quantitative estimate of drug-likeness (QED) is 0.568. The molecule has 1 aliphatic rings. The topological polar surface area (TPSA) is 28.5 Å². The van der Waals surface area contributed by atoms with Crippen LogP contribution >= 0.6 is 23.8 Å². The lowest BCUT2D eigenvalue weighted by Gasteiger charge is -2.30. The van der Waals surface area contributed by atoms with Gasteiger partial charge in [-0.15, -0.1) is 0 Å². The highest BCUT2D eigenvalue weighted by molar-refractivity contribution is 7.80. The van der Waals surface area contributed by atoms with E-state index < -0.39 is 0 Å². The molecule has 0 aliphatic carbocycles. The summed E-state index contributed by atoms with van der Waals surface area (Å²) in [6, 6.07) is 6.71. The minimum atomic E-state index is 0.668. The molecule has 1 heterocycles. The zero-order chi connectivity index (χ0) is 15.9. The van der Waals surface area contributed by atoms with Crippen molar-refractivity contribution >= 4 is 34.6 Å². The van der Waals surface area contributed by atoms with E-state index in [1.807, 2.05) is 25.1 Å². The first kappa shape index (κ1) is 17.5. The number of nitrogens with one attached hydrogen (secondary N) is 3. The molecule has 0 radical (unpaired) electrons. The van der Waals surface area contributed by atoms with E-state index in [0.717, 1.165) is 35.3 Å². The Morgan fingerprint density at radius 1 is 1.41 bits per heavy atom. The van der Waals surface area contributed by atoms with Crippen molar-refractivity contribution in [2.24, 2.45) is 0 Å². The third kappa shape index (κ3) is 5.41. The molecule has 1 aromatic carbocycles. The van der Waals surface area contributed by atoms with Crippen LogP contribution in [0.3, 0.4) is 0 Å². The summed E-state index contributed by atoms with van der Waals surface area (Å²) in [7, 11) is 0. The second-order valence-electron chi connectivity index (χ2n) is 6.25. The number of thiocarbonyl (C=S) groups is 1. The van der Waals surface area contributed by atoms with Gasteiger partial charge in [0.25, 0.3) is 0 Å². The van der Waals surface area contributed by atoms with Gasteiger partial charge in [-0.05, 0) is 63.0 Å². The van der Waals surface area contributed by atoms with Crippen LogP contribution in [-0.2, 0) is 0 Å². The Bertz CT molecular complexity index is 507. The second kappa shape index (κ2) is 8.70.